The normalized spacial score (nSPS) is 13.1. The van der Waals surface area contributed by atoms with Crippen molar-refractivity contribution in [2.45, 2.75) is 59.3 Å². The SMILES string of the molecule is Cc1cc(C(C)(C)C)cc(C(C)(C)C)c1N1CN(c2cccc(Oc3cccc(-n4cc(-c5ccccc5)cn4)c3)c2)c2ccccc21. The fraction of sp³-hybridized carbons (Fsp3) is 0.233. The van der Waals surface area contributed by atoms with E-state index in [1.807, 2.05) is 59.4 Å². The van der Waals surface area contributed by atoms with E-state index in [-0.39, 0.29) is 10.8 Å². The fourth-order valence-corrected chi connectivity index (χ4v) is 6.55. The van der Waals surface area contributed by atoms with Crippen LogP contribution < -0.4 is 14.5 Å². The van der Waals surface area contributed by atoms with Crippen molar-refractivity contribution in [1.82, 2.24) is 9.78 Å². The fourth-order valence-electron chi connectivity index (χ4n) is 6.55. The second kappa shape index (κ2) is 12.1. The molecule has 1 aromatic heterocycles. The van der Waals surface area contributed by atoms with Gasteiger partial charge in [-0.05, 0) is 76.4 Å². The van der Waals surface area contributed by atoms with Gasteiger partial charge in [0.1, 0.15) is 18.2 Å². The molecule has 0 spiro atoms. The van der Waals surface area contributed by atoms with E-state index < -0.39 is 0 Å². The average Bonchev–Trinajstić information content (AvgIpc) is 3.71. The van der Waals surface area contributed by atoms with Crippen LogP contribution in [0.4, 0.5) is 22.7 Å². The topological polar surface area (TPSA) is 33.5 Å². The van der Waals surface area contributed by atoms with Crippen molar-refractivity contribution in [2.24, 2.45) is 0 Å². The molecule has 5 aromatic carbocycles. The molecule has 242 valence electrons. The number of rotatable bonds is 6. The van der Waals surface area contributed by atoms with Crippen LogP contribution in [0.1, 0.15) is 58.2 Å². The highest BCUT2D eigenvalue weighted by molar-refractivity contribution is 5.89. The lowest BCUT2D eigenvalue weighted by atomic mass is 9.78. The zero-order valence-corrected chi connectivity index (χ0v) is 29.0. The number of para-hydroxylation sites is 2. The van der Waals surface area contributed by atoms with E-state index in [1.165, 1.54) is 33.8 Å². The number of aromatic nitrogens is 2. The van der Waals surface area contributed by atoms with Gasteiger partial charge in [-0.3, -0.25) is 0 Å². The third-order valence-electron chi connectivity index (χ3n) is 9.13. The summed E-state index contributed by atoms with van der Waals surface area (Å²) in [5.74, 6) is 1.54. The molecule has 1 aliphatic heterocycles. The van der Waals surface area contributed by atoms with Crippen molar-refractivity contribution in [3.63, 3.8) is 0 Å². The molecule has 0 N–H and O–H groups in total. The molecule has 0 bridgehead atoms. The largest absolute Gasteiger partial charge is 0.457 e. The molecule has 5 heteroatoms. The Morgan fingerprint density at radius 3 is 1.90 bits per heavy atom. The van der Waals surface area contributed by atoms with Crippen molar-refractivity contribution in [3.05, 3.63) is 144 Å². The zero-order chi connectivity index (χ0) is 33.6. The lowest BCUT2D eigenvalue weighted by Gasteiger charge is -2.33. The van der Waals surface area contributed by atoms with E-state index in [1.54, 1.807) is 0 Å². The highest BCUT2D eigenvalue weighted by Gasteiger charge is 2.33. The number of fused-ring (bicyclic) bond motifs is 1. The van der Waals surface area contributed by atoms with Gasteiger partial charge in [0.2, 0.25) is 0 Å². The Morgan fingerprint density at radius 1 is 0.604 bits per heavy atom. The number of anilines is 4. The second-order valence-corrected chi connectivity index (χ2v) is 14.8. The summed E-state index contributed by atoms with van der Waals surface area (Å²) in [6.07, 6.45) is 3.95. The van der Waals surface area contributed by atoms with Crippen molar-refractivity contribution < 1.29 is 4.74 Å². The van der Waals surface area contributed by atoms with E-state index in [9.17, 15) is 0 Å². The maximum atomic E-state index is 6.48. The van der Waals surface area contributed by atoms with Gasteiger partial charge < -0.3 is 14.5 Å². The minimum atomic E-state index is -0.0225. The van der Waals surface area contributed by atoms with Crippen LogP contribution in [0.3, 0.4) is 0 Å². The van der Waals surface area contributed by atoms with Gasteiger partial charge in [-0.1, -0.05) is 108 Å². The van der Waals surface area contributed by atoms with Gasteiger partial charge in [0.25, 0.3) is 0 Å². The van der Waals surface area contributed by atoms with Crippen LogP contribution in [0.5, 0.6) is 11.5 Å². The highest BCUT2D eigenvalue weighted by Crippen LogP contribution is 2.49. The standard InChI is InChI=1S/C43H44N4O/c1-30-23-33(42(2,3)4)24-38(43(5,6)7)41(30)46-29-45(39-21-11-12-22-40(39)46)34-17-13-19-36(25-34)48-37-20-14-18-35(26-37)47-28-32(27-44-47)31-15-9-8-10-16-31/h8-28H,29H2,1-7H3. The summed E-state index contributed by atoms with van der Waals surface area (Å²) >= 11 is 0. The Hall–Kier alpha value is -5.29. The molecular weight excluding hydrogens is 589 g/mol. The summed E-state index contributed by atoms with van der Waals surface area (Å²) in [5.41, 5.74) is 12.0. The minimum absolute atomic E-state index is 0.0225. The maximum Gasteiger partial charge on any atom is 0.129 e. The van der Waals surface area contributed by atoms with Crippen LogP contribution in [0.15, 0.2) is 128 Å². The Bertz CT molecular complexity index is 2080. The predicted molar refractivity (Wildman–Crippen MR) is 200 cm³/mol. The number of hydrogen-bond donors (Lipinski definition) is 0. The zero-order valence-electron chi connectivity index (χ0n) is 29.0. The van der Waals surface area contributed by atoms with E-state index in [0.717, 1.165) is 34.0 Å². The van der Waals surface area contributed by atoms with E-state index in [0.29, 0.717) is 6.67 Å². The quantitative estimate of drug-likeness (QED) is 0.183. The van der Waals surface area contributed by atoms with E-state index in [2.05, 4.69) is 136 Å². The molecule has 6 aromatic rings. The molecule has 0 fully saturated rings. The van der Waals surface area contributed by atoms with Gasteiger partial charge in [0.15, 0.2) is 0 Å². The lowest BCUT2D eigenvalue weighted by molar-refractivity contribution is 0.482. The summed E-state index contributed by atoms with van der Waals surface area (Å²) < 4.78 is 8.37. The van der Waals surface area contributed by atoms with Gasteiger partial charge in [0.05, 0.1) is 23.3 Å². The molecule has 0 saturated carbocycles. The first-order valence-corrected chi connectivity index (χ1v) is 16.7. The van der Waals surface area contributed by atoms with Crippen LogP contribution in [0, 0.1) is 6.92 Å². The molecule has 48 heavy (non-hydrogen) atoms. The van der Waals surface area contributed by atoms with Crippen LogP contribution in [-0.2, 0) is 10.8 Å². The monoisotopic (exact) mass is 632 g/mol. The first kappa shape index (κ1) is 31.3. The third-order valence-corrected chi connectivity index (χ3v) is 9.13. The first-order chi connectivity index (χ1) is 23.0. The number of ether oxygens (including phenoxy) is 1. The molecule has 0 unspecified atom stereocenters. The smallest absolute Gasteiger partial charge is 0.129 e. The van der Waals surface area contributed by atoms with Gasteiger partial charge in [0, 0.05) is 35.3 Å². The summed E-state index contributed by atoms with van der Waals surface area (Å²) in [5, 5.41) is 4.62. The summed E-state index contributed by atoms with van der Waals surface area (Å²) in [4.78, 5) is 4.87. The molecule has 1 aliphatic rings. The van der Waals surface area contributed by atoms with Crippen LogP contribution in [0.25, 0.3) is 16.8 Å². The average molecular weight is 633 g/mol. The number of aryl methyl sites for hydroxylation is 1. The number of hydrogen-bond acceptors (Lipinski definition) is 4. The van der Waals surface area contributed by atoms with Crippen LogP contribution in [0.2, 0.25) is 0 Å². The molecule has 5 nitrogen and oxygen atoms in total. The molecule has 0 atom stereocenters. The van der Waals surface area contributed by atoms with Crippen molar-refractivity contribution >= 4 is 22.7 Å². The van der Waals surface area contributed by atoms with Crippen molar-refractivity contribution in [3.8, 4) is 28.3 Å². The Kier molecular flexibility index (Phi) is 7.87. The number of nitrogens with zero attached hydrogens (tertiary/aromatic N) is 4. The molecule has 0 aliphatic carbocycles. The second-order valence-electron chi connectivity index (χ2n) is 14.8. The summed E-state index contributed by atoms with van der Waals surface area (Å²) in [6, 6.07) is 40.3. The summed E-state index contributed by atoms with van der Waals surface area (Å²) in [7, 11) is 0. The predicted octanol–water partition coefficient (Wildman–Crippen LogP) is 11.5. The molecule has 2 heterocycles. The van der Waals surface area contributed by atoms with Crippen molar-refractivity contribution in [1.29, 1.82) is 0 Å². The molecule has 0 saturated heterocycles. The molecule has 7 rings (SSSR count). The Labute approximate surface area is 285 Å². The molecular formula is C43H44N4O. The van der Waals surface area contributed by atoms with Gasteiger partial charge in [-0.2, -0.15) is 5.10 Å². The molecule has 0 radical (unpaired) electrons. The Morgan fingerprint density at radius 2 is 1.23 bits per heavy atom. The lowest BCUT2D eigenvalue weighted by Crippen LogP contribution is -2.28. The number of benzene rings is 5. The van der Waals surface area contributed by atoms with E-state index in [4.69, 9.17) is 4.74 Å². The van der Waals surface area contributed by atoms with Gasteiger partial charge >= 0.3 is 0 Å². The Balaban J connectivity index is 1.19. The van der Waals surface area contributed by atoms with Crippen LogP contribution >= 0.6 is 0 Å². The third kappa shape index (κ3) is 6.09. The highest BCUT2D eigenvalue weighted by atomic mass is 16.5. The van der Waals surface area contributed by atoms with Gasteiger partial charge in [-0.15, -0.1) is 0 Å². The minimum Gasteiger partial charge on any atom is -0.457 e. The van der Waals surface area contributed by atoms with Crippen LogP contribution in [-0.4, -0.2) is 16.4 Å². The molecule has 0 amide bonds. The maximum absolute atomic E-state index is 6.48. The van der Waals surface area contributed by atoms with E-state index >= 15 is 0 Å². The van der Waals surface area contributed by atoms with Gasteiger partial charge in [-0.25, -0.2) is 4.68 Å². The van der Waals surface area contributed by atoms with Crippen molar-refractivity contribution in [2.75, 3.05) is 16.5 Å². The first-order valence-electron chi connectivity index (χ1n) is 16.7. The summed E-state index contributed by atoms with van der Waals surface area (Å²) in [6.45, 7) is 16.8.